The van der Waals surface area contributed by atoms with Crippen LogP contribution >= 0.6 is 0 Å². The molecule has 27 heavy (non-hydrogen) atoms. The van der Waals surface area contributed by atoms with E-state index in [2.05, 4.69) is 4.90 Å². The van der Waals surface area contributed by atoms with Gasteiger partial charge in [0.15, 0.2) is 0 Å². The summed E-state index contributed by atoms with van der Waals surface area (Å²) in [6.07, 6.45) is 0. The Morgan fingerprint density at radius 2 is 1.63 bits per heavy atom. The lowest BCUT2D eigenvalue weighted by Crippen LogP contribution is -2.47. The molecule has 0 aromatic heterocycles. The van der Waals surface area contributed by atoms with Gasteiger partial charge in [-0.3, -0.25) is 10.1 Å². The fourth-order valence-corrected chi connectivity index (χ4v) is 3.16. The molecule has 144 valence electrons. The van der Waals surface area contributed by atoms with Crippen LogP contribution in [0.2, 0.25) is 0 Å². The molecule has 0 amide bonds. The SMILES string of the molecule is COc1ccccc1N1CCN(c2ccc([N+](=O)[O-])cc2C(=O)[O-])CC1.[NH4+]. The molecule has 3 rings (SSSR count). The molecule has 0 unspecified atom stereocenters. The number of para-hydroxylation sites is 2. The number of carbonyl (C=O) groups excluding carboxylic acids is 1. The summed E-state index contributed by atoms with van der Waals surface area (Å²) in [5.74, 6) is -0.637. The van der Waals surface area contributed by atoms with E-state index in [9.17, 15) is 20.0 Å². The lowest BCUT2D eigenvalue weighted by atomic mass is 10.1. The Labute approximate surface area is 156 Å². The normalized spacial score (nSPS) is 13.7. The second-order valence-corrected chi connectivity index (χ2v) is 5.89. The minimum atomic E-state index is -1.42. The van der Waals surface area contributed by atoms with E-state index >= 15 is 0 Å². The number of carboxylic acid groups (broad SMARTS) is 1. The molecule has 1 heterocycles. The molecule has 0 saturated carbocycles. The zero-order valence-electron chi connectivity index (χ0n) is 15.3. The average molecular weight is 374 g/mol. The number of anilines is 2. The Hall–Kier alpha value is -3.33. The van der Waals surface area contributed by atoms with Crippen LogP contribution in [0, 0.1) is 10.1 Å². The summed E-state index contributed by atoms with van der Waals surface area (Å²) < 4.78 is 5.39. The number of nitro groups is 1. The highest BCUT2D eigenvalue weighted by Gasteiger charge is 2.22. The molecule has 0 atom stereocenters. The van der Waals surface area contributed by atoms with E-state index in [1.54, 1.807) is 7.11 Å². The molecule has 1 aliphatic heterocycles. The number of rotatable bonds is 5. The van der Waals surface area contributed by atoms with Crippen LogP contribution in [-0.4, -0.2) is 44.2 Å². The first-order chi connectivity index (χ1) is 12.5. The first-order valence-corrected chi connectivity index (χ1v) is 8.14. The average Bonchev–Trinajstić information content (AvgIpc) is 2.67. The van der Waals surface area contributed by atoms with Crippen molar-refractivity contribution in [1.82, 2.24) is 6.15 Å². The molecular weight excluding hydrogens is 352 g/mol. The van der Waals surface area contributed by atoms with Crippen molar-refractivity contribution in [2.24, 2.45) is 0 Å². The number of non-ortho nitro benzene ring substituents is 1. The molecule has 0 aliphatic carbocycles. The van der Waals surface area contributed by atoms with Gasteiger partial charge in [-0.1, -0.05) is 12.1 Å². The van der Waals surface area contributed by atoms with Gasteiger partial charge in [-0.25, -0.2) is 0 Å². The van der Waals surface area contributed by atoms with Crippen molar-refractivity contribution in [3.63, 3.8) is 0 Å². The molecule has 9 nitrogen and oxygen atoms in total. The number of nitro benzene ring substituents is 1. The van der Waals surface area contributed by atoms with Gasteiger partial charge in [0.1, 0.15) is 5.75 Å². The van der Waals surface area contributed by atoms with Crippen LogP contribution in [0.4, 0.5) is 17.1 Å². The molecule has 1 saturated heterocycles. The van der Waals surface area contributed by atoms with E-state index in [1.165, 1.54) is 12.1 Å². The Morgan fingerprint density at radius 1 is 1.04 bits per heavy atom. The molecule has 1 aliphatic rings. The van der Waals surface area contributed by atoms with Gasteiger partial charge in [0.25, 0.3) is 5.69 Å². The summed E-state index contributed by atoms with van der Waals surface area (Å²) in [6, 6.07) is 11.6. The number of methoxy groups -OCH3 is 1. The van der Waals surface area contributed by atoms with E-state index in [0.717, 1.165) is 17.5 Å². The van der Waals surface area contributed by atoms with Crippen molar-refractivity contribution in [1.29, 1.82) is 0 Å². The van der Waals surface area contributed by atoms with Crippen LogP contribution in [0.15, 0.2) is 42.5 Å². The van der Waals surface area contributed by atoms with Crippen molar-refractivity contribution in [2.75, 3.05) is 43.1 Å². The van der Waals surface area contributed by atoms with Crippen LogP contribution in [0.1, 0.15) is 10.4 Å². The number of nitrogens with zero attached hydrogens (tertiary/aromatic N) is 3. The quantitative estimate of drug-likeness (QED) is 0.621. The smallest absolute Gasteiger partial charge is 0.270 e. The van der Waals surface area contributed by atoms with E-state index in [-0.39, 0.29) is 17.4 Å². The number of ether oxygens (including phenoxy) is 1. The lowest BCUT2D eigenvalue weighted by molar-refractivity contribution is -0.385. The van der Waals surface area contributed by atoms with Crippen LogP contribution in [-0.2, 0) is 0 Å². The van der Waals surface area contributed by atoms with Crippen molar-refractivity contribution < 1.29 is 19.6 Å². The molecule has 2 aromatic carbocycles. The number of hydrogen-bond donors (Lipinski definition) is 1. The minimum absolute atomic E-state index is 0. The monoisotopic (exact) mass is 374 g/mol. The van der Waals surface area contributed by atoms with E-state index in [1.807, 2.05) is 29.2 Å². The van der Waals surface area contributed by atoms with Crippen LogP contribution < -0.4 is 25.8 Å². The second kappa shape index (κ2) is 8.37. The van der Waals surface area contributed by atoms with Gasteiger partial charge in [0.2, 0.25) is 0 Å². The lowest BCUT2D eigenvalue weighted by Gasteiger charge is -2.38. The van der Waals surface area contributed by atoms with Crippen molar-refractivity contribution in [2.45, 2.75) is 0 Å². The van der Waals surface area contributed by atoms with E-state index < -0.39 is 10.9 Å². The topological polar surface area (TPSA) is 135 Å². The van der Waals surface area contributed by atoms with E-state index in [0.29, 0.717) is 31.9 Å². The summed E-state index contributed by atoms with van der Waals surface area (Å²) in [5.41, 5.74) is 0.999. The van der Waals surface area contributed by atoms with Crippen LogP contribution in [0.25, 0.3) is 0 Å². The fraction of sp³-hybridized carbons (Fsp3) is 0.278. The van der Waals surface area contributed by atoms with Crippen LogP contribution in [0.3, 0.4) is 0 Å². The van der Waals surface area contributed by atoms with Gasteiger partial charge in [-0.15, -0.1) is 0 Å². The molecule has 0 spiro atoms. The predicted molar refractivity (Wildman–Crippen MR) is 101 cm³/mol. The van der Waals surface area contributed by atoms with Crippen molar-refractivity contribution in [3.05, 3.63) is 58.1 Å². The fourth-order valence-electron chi connectivity index (χ4n) is 3.16. The van der Waals surface area contributed by atoms with Gasteiger partial charge in [-0.05, 0) is 18.2 Å². The maximum Gasteiger partial charge on any atom is 0.270 e. The largest absolute Gasteiger partial charge is 0.545 e. The molecule has 1 fully saturated rings. The third-order valence-corrected chi connectivity index (χ3v) is 4.46. The zero-order valence-corrected chi connectivity index (χ0v) is 15.3. The summed E-state index contributed by atoms with van der Waals surface area (Å²) in [5, 5.41) is 22.3. The Bertz CT molecular complexity index is 834. The molecule has 0 radical (unpaired) electrons. The maximum absolute atomic E-state index is 11.4. The Balaban J connectivity index is 0.00000261. The highest BCUT2D eigenvalue weighted by Crippen LogP contribution is 2.31. The Kier molecular flexibility index (Phi) is 6.19. The highest BCUT2D eigenvalue weighted by molar-refractivity contribution is 5.94. The molecule has 4 N–H and O–H groups in total. The van der Waals surface area contributed by atoms with Crippen molar-refractivity contribution >= 4 is 23.0 Å². The number of piperazine rings is 1. The zero-order chi connectivity index (χ0) is 18.7. The standard InChI is InChI=1S/C18H19N3O5.H3N/c1-26-17-5-3-2-4-16(17)20-10-8-19(9-11-20)15-7-6-13(21(24)25)12-14(15)18(22)23;/h2-7,12H,8-11H2,1H3,(H,22,23);1H3. The third-order valence-electron chi connectivity index (χ3n) is 4.46. The molecule has 2 aromatic rings. The summed E-state index contributed by atoms with van der Waals surface area (Å²) in [6.45, 7) is 2.50. The highest BCUT2D eigenvalue weighted by atomic mass is 16.6. The number of benzene rings is 2. The van der Waals surface area contributed by atoms with Gasteiger partial charge < -0.3 is 30.6 Å². The summed E-state index contributed by atoms with van der Waals surface area (Å²) >= 11 is 0. The maximum atomic E-state index is 11.4. The van der Waals surface area contributed by atoms with Crippen LogP contribution in [0.5, 0.6) is 5.75 Å². The summed E-state index contributed by atoms with van der Waals surface area (Å²) in [7, 11) is 1.62. The predicted octanol–water partition coefficient (Wildman–Crippen LogP) is 1.67. The number of quaternary nitrogens is 1. The third kappa shape index (κ3) is 4.09. The summed E-state index contributed by atoms with van der Waals surface area (Å²) in [4.78, 5) is 25.8. The number of aromatic carboxylic acids is 1. The molecular formula is C18H22N4O5. The van der Waals surface area contributed by atoms with Gasteiger partial charge in [0.05, 0.1) is 23.7 Å². The minimum Gasteiger partial charge on any atom is -0.545 e. The number of carbonyl (C=O) groups is 1. The first kappa shape index (κ1) is 20.0. The van der Waals surface area contributed by atoms with E-state index in [4.69, 9.17) is 4.74 Å². The van der Waals surface area contributed by atoms with Gasteiger partial charge >= 0.3 is 0 Å². The Morgan fingerprint density at radius 3 is 2.19 bits per heavy atom. The van der Waals surface area contributed by atoms with Crippen molar-refractivity contribution in [3.8, 4) is 5.75 Å². The second-order valence-electron chi connectivity index (χ2n) is 5.89. The van der Waals surface area contributed by atoms with Gasteiger partial charge in [0, 0.05) is 49.6 Å². The molecule has 9 heteroatoms. The molecule has 0 bridgehead atoms. The van der Waals surface area contributed by atoms with Gasteiger partial charge in [-0.2, -0.15) is 0 Å². The first-order valence-electron chi connectivity index (χ1n) is 8.14. The number of hydrogen-bond acceptors (Lipinski definition) is 7. The number of carboxylic acids is 1.